The zero-order valence-electron chi connectivity index (χ0n) is 17.5. The van der Waals surface area contributed by atoms with Crippen molar-refractivity contribution in [2.24, 2.45) is 11.3 Å². The molecule has 0 radical (unpaired) electrons. The number of anilines is 1. The lowest BCUT2D eigenvalue weighted by Gasteiger charge is -2.29. The minimum absolute atomic E-state index is 0.0173. The molecule has 0 unspecified atom stereocenters. The van der Waals surface area contributed by atoms with E-state index >= 15 is 0 Å². The molecule has 0 bridgehead atoms. The molecular weight excluding hydrogens is 380 g/mol. The van der Waals surface area contributed by atoms with E-state index < -0.39 is 14.9 Å². The SMILES string of the molecule is CC1CCN(S(=O)(=O)c2ccc(NCC(C)(C)C[NH+](C)C)c([N+](=O)[O-])c2)CC1. The Morgan fingerprint density at radius 2 is 1.89 bits per heavy atom. The number of sulfonamides is 1. The van der Waals surface area contributed by atoms with Crippen molar-refractivity contribution in [2.45, 2.75) is 38.5 Å². The van der Waals surface area contributed by atoms with Crippen LogP contribution in [-0.4, -0.2) is 57.9 Å². The number of rotatable bonds is 8. The van der Waals surface area contributed by atoms with Crippen LogP contribution in [0, 0.1) is 21.4 Å². The van der Waals surface area contributed by atoms with Crippen molar-refractivity contribution in [3.8, 4) is 0 Å². The summed E-state index contributed by atoms with van der Waals surface area (Å²) in [6.45, 7) is 8.65. The Morgan fingerprint density at radius 3 is 2.43 bits per heavy atom. The molecule has 0 saturated carbocycles. The van der Waals surface area contributed by atoms with Crippen molar-refractivity contribution in [1.82, 2.24) is 4.31 Å². The lowest BCUT2D eigenvalue weighted by molar-refractivity contribution is -0.865. The topological polar surface area (TPSA) is 97.0 Å². The number of nitro groups is 1. The average molecular weight is 414 g/mol. The van der Waals surface area contributed by atoms with Crippen LogP contribution >= 0.6 is 0 Å². The second kappa shape index (κ2) is 8.75. The number of piperidine rings is 1. The fourth-order valence-electron chi connectivity index (χ4n) is 3.70. The number of hydrogen-bond acceptors (Lipinski definition) is 5. The molecule has 0 amide bonds. The predicted octanol–water partition coefficient (Wildman–Crippen LogP) is 1.60. The summed E-state index contributed by atoms with van der Waals surface area (Å²) in [5.74, 6) is 0.500. The monoisotopic (exact) mass is 413 g/mol. The maximum absolute atomic E-state index is 12.9. The molecule has 0 aromatic heterocycles. The first-order chi connectivity index (χ1) is 12.9. The summed E-state index contributed by atoms with van der Waals surface area (Å²) in [7, 11) is 0.402. The number of quaternary nitrogens is 1. The van der Waals surface area contributed by atoms with Gasteiger partial charge in [0.2, 0.25) is 10.0 Å². The maximum Gasteiger partial charge on any atom is 0.293 e. The summed E-state index contributed by atoms with van der Waals surface area (Å²) < 4.78 is 27.2. The van der Waals surface area contributed by atoms with Gasteiger partial charge in [-0.1, -0.05) is 20.8 Å². The van der Waals surface area contributed by atoms with Crippen molar-refractivity contribution in [3.63, 3.8) is 0 Å². The van der Waals surface area contributed by atoms with Gasteiger partial charge in [-0.15, -0.1) is 0 Å². The van der Waals surface area contributed by atoms with Gasteiger partial charge in [-0.3, -0.25) is 10.1 Å². The van der Waals surface area contributed by atoms with Gasteiger partial charge in [0.15, 0.2) is 0 Å². The highest BCUT2D eigenvalue weighted by atomic mass is 32.2. The number of nitrogens with one attached hydrogen (secondary N) is 2. The third-order valence-corrected chi connectivity index (χ3v) is 7.03. The second-order valence-corrected chi connectivity index (χ2v) is 10.9. The number of nitro benzene ring substituents is 1. The fraction of sp³-hybridized carbons (Fsp3) is 0.684. The molecule has 0 atom stereocenters. The van der Waals surface area contributed by atoms with Crippen LogP contribution < -0.4 is 10.2 Å². The Kier molecular flexibility index (Phi) is 7.06. The first-order valence-electron chi connectivity index (χ1n) is 9.74. The normalized spacial score (nSPS) is 17.1. The summed E-state index contributed by atoms with van der Waals surface area (Å²) >= 11 is 0. The molecule has 1 heterocycles. The van der Waals surface area contributed by atoms with Crippen LogP contribution in [0.1, 0.15) is 33.6 Å². The van der Waals surface area contributed by atoms with Crippen molar-refractivity contribution >= 4 is 21.4 Å². The summed E-state index contributed by atoms with van der Waals surface area (Å²) in [6, 6.07) is 4.16. The quantitative estimate of drug-likeness (QED) is 0.498. The third kappa shape index (κ3) is 5.65. The van der Waals surface area contributed by atoms with E-state index in [1.165, 1.54) is 27.4 Å². The maximum atomic E-state index is 12.9. The third-order valence-electron chi connectivity index (χ3n) is 5.14. The van der Waals surface area contributed by atoms with Crippen LogP contribution in [0.2, 0.25) is 0 Å². The van der Waals surface area contributed by atoms with Crippen molar-refractivity contribution in [1.29, 1.82) is 0 Å². The molecule has 158 valence electrons. The zero-order chi connectivity index (χ0) is 21.1. The van der Waals surface area contributed by atoms with Crippen LogP contribution in [0.3, 0.4) is 0 Å². The molecule has 9 heteroatoms. The minimum atomic E-state index is -3.72. The Balaban J connectivity index is 2.24. The number of nitrogens with zero attached hydrogens (tertiary/aromatic N) is 2. The Hall–Kier alpha value is -1.71. The average Bonchev–Trinajstić information content (AvgIpc) is 2.59. The molecule has 0 spiro atoms. The first-order valence-corrected chi connectivity index (χ1v) is 11.2. The molecule has 1 aliphatic rings. The predicted molar refractivity (Wildman–Crippen MR) is 110 cm³/mol. The van der Waals surface area contributed by atoms with E-state index in [2.05, 4.69) is 40.2 Å². The summed E-state index contributed by atoms with van der Waals surface area (Å²) in [4.78, 5) is 12.3. The van der Waals surface area contributed by atoms with Gasteiger partial charge in [-0.25, -0.2) is 8.42 Å². The summed E-state index contributed by atoms with van der Waals surface area (Å²) in [6.07, 6.45) is 1.62. The van der Waals surface area contributed by atoms with E-state index in [1.807, 2.05) is 0 Å². The van der Waals surface area contributed by atoms with Crippen molar-refractivity contribution in [2.75, 3.05) is 45.6 Å². The lowest BCUT2D eigenvalue weighted by atomic mass is 9.93. The molecule has 2 rings (SSSR count). The Morgan fingerprint density at radius 1 is 1.29 bits per heavy atom. The molecule has 1 aromatic rings. The molecule has 1 aromatic carbocycles. The van der Waals surface area contributed by atoms with E-state index in [9.17, 15) is 18.5 Å². The zero-order valence-corrected chi connectivity index (χ0v) is 18.3. The van der Waals surface area contributed by atoms with Gasteiger partial charge in [0.05, 0.1) is 30.5 Å². The van der Waals surface area contributed by atoms with Gasteiger partial charge < -0.3 is 10.2 Å². The Labute approximate surface area is 168 Å². The molecule has 8 nitrogen and oxygen atoms in total. The van der Waals surface area contributed by atoms with Crippen LogP contribution in [0.15, 0.2) is 23.1 Å². The molecule has 0 aliphatic carbocycles. The van der Waals surface area contributed by atoms with Gasteiger partial charge in [-0.05, 0) is 30.9 Å². The van der Waals surface area contributed by atoms with Crippen LogP contribution in [0.4, 0.5) is 11.4 Å². The van der Waals surface area contributed by atoms with Crippen molar-refractivity contribution in [3.05, 3.63) is 28.3 Å². The number of benzene rings is 1. The minimum Gasteiger partial charge on any atom is -0.379 e. The van der Waals surface area contributed by atoms with Gasteiger partial charge in [0.1, 0.15) is 5.69 Å². The largest absolute Gasteiger partial charge is 0.379 e. The van der Waals surface area contributed by atoms with Crippen LogP contribution in [-0.2, 0) is 10.0 Å². The van der Waals surface area contributed by atoms with E-state index in [4.69, 9.17) is 0 Å². The van der Waals surface area contributed by atoms with Gasteiger partial charge >= 0.3 is 0 Å². The van der Waals surface area contributed by atoms with Crippen LogP contribution in [0.25, 0.3) is 0 Å². The van der Waals surface area contributed by atoms with Crippen LogP contribution in [0.5, 0.6) is 0 Å². The highest BCUT2D eigenvalue weighted by Gasteiger charge is 2.30. The molecule has 1 aliphatic heterocycles. The smallest absolute Gasteiger partial charge is 0.293 e. The van der Waals surface area contributed by atoms with Gasteiger partial charge in [-0.2, -0.15) is 4.31 Å². The molecule has 1 saturated heterocycles. The molecule has 1 fully saturated rings. The van der Waals surface area contributed by atoms with Gasteiger partial charge in [0, 0.05) is 31.1 Å². The highest BCUT2D eigenvalue weighted by Crippen LogP contribution is 2.31. The molecule has 28 heavy (non-hydrogen) atoms. The highest BCUT2D eigenvalue weighted by molar-refractivity contribution is 7.89. The lowest BCUT2D eigenvalue weighted by Crippen LogP contribution is -3.07. The standard InChI is InChI=1S/C19H32N4O4S/c1-15-8-10-22(11-9-15)28(26,27)16-6-7-17(18(12-16)23(24)25)20-13-19(2,3)14-21(4)5/h6-7,12,15,20H,8-11,13-14H2,1-5H3/p+1. The first kappa shape index (κ1) is 22.6. The summed E-state index contributed by atoms with van der Waals surface area (Å²) in [5, 5.41) is 14.7. The second-order valence-electron chi connectivity index (χ2n) is 8.92. The van der Waals surface area contributed by atoms with E-state index in [0.29, 0.717) is 31.2 Å². The van der Waals surface area contributed by atoms with E-state index in [-0.39, 0.29) is 16.0 Å². The molecular formula is C19H33N4O4S+. The van der Waals surface area contributed by atoms with Gasteiger partial charge in [0.25, 0.3) is 5.69 Å². The molecule has 2 N–H and O–H groups in total. The van der Waals surface area contributed by atoms with Crippen molar-refractivity contribution < 1.29 is 18.2 Å². The van der Waals surface area contributed by atoms with E-state index in [0.717, 1.165) is 19.4 Å². The van der Waals surface area contributed by atoms with E-state index in [1.54, 1.807) is 0 Å². The summed E-state index contributed by atoms with van der Waals surface area (Å²) in [5.41, 5.74) is 0.0691. The number of hydrogen-bond donors (Lipinski definition) is 2. The fourth-order valence-corrected chi connectivity index (χ4v) is 5.19. The Bertz CT molecular complexity index is 800.